The maximum Gasteiger partial charge on any atom is 0.385 e. The van der Waals surface area contributed by atoms with Crippen LogP contribution in [0.2, 0.25) is 0 Å². The highest BCUT2D eigenvalue weighted by Gasteiger charge is 2.05. The molecule has 0 fully saturated rings. The van der Waals surface area contributed by atoms with Crippen molar-refractivity contribution in [1.29, 1.82) is 5.39 Å². The SMILES string of the molecule is N#[N+]c1cccc(Cc2cccc(N=[N-])c2)c1. The van der Waals surface area contributed by atoms with Gasteiger partial charge in [0.2, 0.25) is 5.39 Å². The summed E-state index contributed by atoms with van der Waals surface area (Å²) in [5, 5.41) is 11.8. The van der Waals surface area contributed by atoms with Crippen molar-refractivity contribution in [2.75, 3.05) is 0 Å². The van der Waals surface area contributed by atoms with E-state index in [1.54, 1.807) is 12.1 Å². The first-order valence-electron chi connectivity index (χ1n) is 5.20. The minimum atomic E-state index is 0.533. The second-order valence-corrected chi connectivity index (χ2v) is 3.72. The Labute approximate surface area is 99.1 Å². The van der Waals surface area contributed by atoms with Crippen LogP contribution in [-0.2, 0) is 6.42 Å². The molecule has 0 saturated heterocycles. The van der Waals surface area contributed by atoms with E-state index in [0.717, 1.165) is 11.1 Å². The van der Waals surface area contributed by atoms with E-state index in [2.05, 4.69) is 10.1 Å². The quantitative estimate of drug-likeness (QED) is 0.560. The zero-order valence-electron chi connectivity index (χ0n) is 9.11. The van der Waals surface area contributed by atoms with Gasteiger partial charge in [0.05, 0.1) is 0 Å². The summed E-state index contributed by atoms with van der Waals surface area (Å²) in [6.45, 7) is 0. The summed E-state index contributed by atoms with van der Waals surface area (Å²) in [6.07, 6.45) is 0.701. The van der Waals surface area contributed by atoms with Crippen LogP contribution in [-0.4, -0.2) is 0 Å². The lowest BCUT2D eigenvalue weighted by atomic mass is 10.0. The molecule has 0 heterocycles. The lowest BCUT2D eigenvalue weighted by molar-refractivity contribution is 1.19. The van der Waals surface area contributed by atoms with Gasteiger partial charge < -0.3 is 10.6 Å². The molecule has 0 bridgehead atoms. The Balaban J connectivity index is 2.25. The molecule has 0 aromatic heterocycles. The van der Waals surface area contributed by atoms with E-state index in [1.165, 1.54) is 0 Å². The van der Waals surface area contributed by atoms with E-state index in [9.17, 15) is 0 Å². The van der Waals surface area contributed by atoms with Crippen LogP contribution in [0.3, 0.4) is 0 Å². The van der Waals surface area contributed by atoms with Gasteiger partial charge in [0.1, 0.15) is 0 Å². The first-order valence-corrected chi connectivity index (χ1v) is 5.20. The monoisotopic (exact) mass is 222 g/mol. The average molecular weight is 222 g/mol. The highest BCUT2D eigenvalue weighted by Crippen LogP contribution is 2.19. The van der Waals surface area contributed by atoms with Gasteiger partial charge in [-0.25, -0.2) is 0 Å². The molecule has 0 unspecified atom stereocenters. The van der Waals surface area contributed by atoms with Crippen molar-refractivity contribution in [1.82, 2.24) is 0 Å². The minimum Gasteiger partial charge on any atom is -0.706 e. The first-order chi connectivity index (χ1) is 8.31. The molecule has 0 atom stereocenters. The Bertz CT molecular complexity index is 584. The topological polar surface area (TPSA) is 62.8 Å². The van der Waals surface area contributed by atoms with Gasteiger partial charge in [0.25, 0.3) is 0 Å². The van der Waals surface area contributed by atoms with Crippen LogP contribution in [0.5, 0.6) is 0 Å². The highest BCUT2D eigenvalue weighted by molar-refractivity contribution is 5.48. The van der Waals surface area contributed by atoms with Crippen LogP contribution >= 0.6 is 0 Å². The molecule has 0 N–H and O–H groups in total. The minimum absolute atomic E-state index is 0.533. The van der Waals surface area contributed by atoms with E-state index in [0.29, 0.717) is 17.8 Å². The lowest BCUT2D eigenvalue weighted by Gasteiger charge is -2.03. The predicted molar refractivity (Wildman–Crippen MR) is 65.9 cm³/mol. The lowest BCUT2D eigenvalue weighted by Crippen LogP contribution is -1.86. The second kappa shape index (κ2) is 4.99. The fraction of sp³-hybridized carbons (Fsp3) is 0.0769. The van der Waals surface area contributed by atoms with E-state index in [4.69, 9.17) is 10.9 Å². The maximum absolute atomic E-state index is 8.69. The molecule has 0 saturated carbocycles. The largest absolute Gasteiger partial charge is 0.706 e. The van der Waals surface area contributed by atoms with Gasteiger partial charge in [-0.1, -0.05) is 24.3 Å². The fourth-order valence-electron chi connectivity index (χ4n) is 1.69. The molecule has 0 aliphatic carbocycles. The predicted octanol–water partition coefficient (Wildman–Crippen LogP) is 4.42. The van der Waals surface area contributed by atoms with Gasteiger partial charge in [0.15, 0.2) is 4.98 Å². The molecule has 0 spiro atoms. The first kappa shape index (κ1) is 11.0. The summed E-state index contributed by atoms with van der Waals surface area (Å²) in [4.78, 5) is 3.15. The summed E-state index contributed by atoms with van der Waals surface area (Å²) >= 11 is 0. The van der Waals surface area contributed by atoms with E-state index in [1.807, 2.05) is 36.4 Å². The molecule has 4 nitrogen and oxygen atoms in total. The normalized spacial score (nSPS) is 9.59. The molecule has 0 amide bonds. The summed E-state index contributed by atoms with van der Waals surface area (Å²) in [6, 6.07) is 14.7. The molecule has 0 aliphatic heterocycles. The fourth-order valence-corrected chi connectivity index (χ4v) is 1.69. The smallest absolute Gasteiger partial charge is 0.385 e. The van der Waals surface area contributed by atoms with Crippen LogP contribution in [0.15, 0.2) is 53.6 Å². The van der Waals surface area contributed by atoms with Crippen molar-refractivity contribution in [2.45, 2.75) is 6.42 Å². The Morgan fingerprint density at radius 3 is 2.47 bits per heavy atom. The van der Waals surface area contributed by atoms with Gasteiger partial charge in [-0.05, 0) is 29.7 Å². The van der Waals surface area contributed by atoms with E-state index >= 15 is 0 Å². The van der Waals surface area contributed by atoms with Gasteiger partial charge in [-0.2, -0.15) is 0 Å². The van der Waals surface area contributed by atoms with Crippen molar-refractivity contribution in [3.63, 3.8) is 0 Å². The third-order valence-corrected chi connectivity index (χ3v) is 2.46. The number of nitrogens with zero attached hydrogens (tertiary/aromatic N) is 4. The van der Waals surface area contributed by atoms with Crippen LogP contribution in [0.1, 0.15) is 11.1 Å². The van der Waals surface area contributed by atoms with Crippen molar-refractivity contribution in [3.8, 4) is 0 Å². The van der Waals surface area contributed by atoms with Gasteiger partial charge in [0, 0.05) is 17.8 Å². The molecule has 2 aromatic rings. The Hall–Kier alpha value is -2.54. The van der Waals surface area contributed by atoms with Gasteiger partial charge in [-0.15, -0.1) is 0 Å². The Morgan fingerprint density at radius 1 is 1.06 bits per heavy atom. The van der Waals surface area contributed by atoms with Gasteiger partial charge >= 0.3 is 5.69 Å². The highest BCUT2D eigenvalue weighted by atomic mass is 15.0. The van der Waals surface area contributed by atoms with Gasteiger partial charge in [-0.3, -0.25) is 0 Å². The third-order valence-electron chi connectivity index (χ3n) is 2.46. The molecule has 4 heteroatoms. The Morgan fingerprint density at radius 2 is 1.76 bits per heavy atom. The van der Waals surface area contributed by atoms with Crippen LogP contribution in [0.4, 0.5) is 11.4 Å². The van der Waals surface area contributed by atoms with Crippen molar-refractivity contribution in [2.24, 2.45) is 5.11 Å². The van der Waals surface area contributed by atoms with E-state index in [-0.39, 0.29) is 0 Å². The molecule has 82 valence electrons. The van der Waals surface area contributed by atoms with Crippen molar-refractivity contribution in [3.05, 3.63) is 70.2 Å². The van der Waals surface area contributed by atoms with Crippen molar-refractivity contribution >= 4 is 11.4 Å². The van der Waals surface area contributed by atoms with Crippen molar-refractivity contribution < 1.29 is 0 Å². The summed E-state index contributed by atoms with van der Waals surface area (Å²) < 4.78 is 0. The van der Waals surface area contributed by atoms with Crippen LogP contribution in [0.25, 0.3) is 10.5 Å². The molecule has 0 radical (unpaired) electrons. The Kier molecular flexibility index (Phi) is 3.22. The zero-order valence-corrected chi connectivity index (χ0v) is 9.11. The molecular formula is C13H10N4. The number of benzene rings is 2. The molecule has 2 aromatic carbocycles. The number of diazo groups is 1. The molecular weight excluding hydrogens is 212 g/mol. The molecule has 0 aliphatic rings. The second-order valence-electron chi connectivity index (χ2n) is 3.72. The number of hydrogen-bond acceptors (Lipinski definition) is 2. The van der Waals surface area contributed by atoms with Crippen LogP contribution in [0, 0.1) is 5.39 Å². The maximum atomic E-state index is 8.69. The number of hydrogen-bond donors (Lipinski definition) is 0. The zero-order chi connectivity index (χ0) is 12.1. The number of rotatable bonds is 3. The molecule has 17 heavy (non-hydrogen) atoms. The average Bonchev–Trinajstić information content (AvgIpc) is 2.39. The summed E-state index contributed by atoms with van der Waals surface area (Å²) in [5.74, 6) is 0. The van der Waals surface area contributed by atoms with E-state index < -0.39 is 0 Å². The van der Waals surface area contributed by atoms with Crippen LogP contribution < -0.4 is 0 Å². The summed E-state index contributed by atoms with van der Waals surface area (Å²) in [7, 11) is 0. The molecule has 2 rings (SSSR count). The standard InChI is InChI=1S/C13H10N4/c14-16-12-5-1-3-10(8-12)7-11-4-2-6-13(9-11)17-15/h1-6,8-9H,7H2. The third kappa shape index (κ3) is 2.73. The summed E-state index contributed by atoms with van der Waals surface area (Å²) in [5.41, 5.74) is 11.8.